The number of unbranched alkanes of at least 4 members (excludes halogenated alkanes) is 1. The summed E-state index contributed by atoms with van der Waals surface area (Å²) in [6.45, 7) is 15.6. The van der Waals surface area contributed by atoms with Gasteiger partial charge in [0.05, 0.1) is 12.2 Å². The first-order chi connectivity index (χ1) is 9.48. The van der Waals surface area contributed by atoms with Gasteiger partial charge in [-0.05, 0) is 18.3 Å². The Morgan fingerprint density at radius 1 is 1.10 bits per heavy atom. The van der Waals surface area contributed by atoms with E-state index in [-0.39, 0.29) is 16.7 Å². The van der Waals surface area contributed by atoms with E-state index in [1.165, 1.54) is 0 Å². The van der Waals surface area contributed by atoms with E-state index >= 15 is 0 Å². The molecule has 0 fully saturated rings. The first-order valence-electron chi connectivity index (χ1n) is 8.05. The SMILES string of the molecule is CCCCC1=NC(C(C)(C)C)=C(C(C)(C)C)C(=O)N(C)C1. The molecular formula is C18H32N2O. The third-order valence-electron chi connectivity index (χ3n) is 3.77. The van der Waals surface area contributed by atoms with Crippen molar-refractivity contribution in [1.82, 2.24) is 4.90 Å². The number of allylic oxidation sites excluding steroid dienone is 1. The van der Waals surface area contributed by atoms with Crippen molar-refractivity contribution in [1.29, 1.82) is 0 Å². The maximum Gasteiger partial charge on any atom is 0.252 e. The zero-order valence-electron chi connectivity index (χ0n) is 15.1. The highest BCUT2D eigenvalue weighted by atomic mass is 16.2. The number of likely N-dealkylation sites (N-methyl/N-ethyl adjacent to an activating group) is 1. The first kappa shape index (κ1) is 17.9. The summed E-state index contributed by atoms with van der Waals surface area (Å²) in [7, 11) is 1.89. The van der Waals surface area contributed by atoms with Crippen LogP contribution in [0.5, 0.6) is 0 Å². The molecular weight excluding hydrogens is 260 g/mol. The highest BCUT2D eigenvalue weighted by Gasteiger charge is 2.36. The van der Waals surface area contributed by atoms with Crippen LogP contribution in [0.1, 0.15) is 67.7 Å². The van der Waals surface area contributed by atoms with Crippen LogP contribution in [0.3, 0.4) is 0 Å². The Labute approximate surface area is 130 Å². The Morgan fingerprint density at radius 3 is 2.10 bits per heavy atom. The van der Waals surface area contributed by atoms with Gasteiger partial charge in [0.25, 0.3) is 5.91 Å². The predicted molar refractivity (Wildman–Crippen MR) is 90.5 cm³/mol. The third-order valence-corrected chi connectivity index (χ3v) is 3.77. The Hall–Kier alpha value is -1.12. The summed E-state index contributed by atoms with van der Waals surface area (Å²) in [4.78, 5) is 19.7. The molecule has 0 aromatic carbocycles. The van der Waals surface area contributed by atoms with E-state index < -0.39 is 0 Å². The van der Waals surface area contributed by atoms with Crippen LogP contribution in [0.15, 0.2) is 16.3 Å². The fraction of sp³-hybridized carbons (Fsp3) is 0.778. The molecule has 0 spiro atoms. The minimum Gasteiger partial charge on any atom is -0.336 e. The summed E-state index contributed by atoms with van der Waals surface area (Å²) in [6.07, 6.45) is 3.26. The predicted octanol–water partition coefficient (Wildman–Crippen LogP) is 4.44. The molecule has 0 atom stereocenters. The van der Waals surface area contributed by atoms with E-state index in [1.807, 2.05) is 11.9 Å². The molecule has 1 aliphatic rings. The Kier molecular flexibility index (Phi) is 5.40. The number of carbonyl (C=O) groups is 1. The van der Waals surface area contributed by atoms with Gasteiger partial charge in [-0.3, -0.25) is 9.79 Å². The molecule has 0 bridgehead atoms. The fourth-order valence-electron chi connectivity index (χ4n) is 2.62. The van der Waals surface area contributed by atoms with Crippen LogP contribution in [0.2, 0.25) is 0 Å². The third kappa shape index (κ3) is 4.42. The standard InChI is InChI=1S/C18H32N2O/c1-9-10-11-13-12-20(8)16(21)14(17(2,3)4)15(19-13)18(5,6)7/h9-12H2,1-8H3. The second-order valence-electron chi connectivity index (χ2n) is 8.17. The van der Waals surface area contributed by atoms with E-state index in [4.69, 9.17) is 4.99 Å². The number of nitrogens with zero attached hydrogens (tertiary/aromatic N) is 2. The molecule has 0 aromatic rings. The van der Waals surface area contributed by atoms with Crippen molar-refractivity contribution < 1.29 is 4.79 Å². The highest BCUT2D eigenvalue weighted by Crippen LogP contribution is 2.39. The number of hydrogen-bond acceptors (Lipinski definition) is 2. The molecule has 0 saturated heterocycles. The molecule has 120 valence electrons. The summed E-state index contributed by atoms with van der Waals surface area (Å²) in [5, 5.41) is 0. The number of aliphatic imine (C=N–C) groups is 1. The minimum atomic E-state index is -0.197. The minimum absolute atomic E-state index is 0.124. The monoisotopic (exact) mass is 292 g/mol. The quantitative estimate of drug-likeness (QED) is 0.757. The molecule has 1 amide bonds. The van der Waals surface area contributed by atoms with Crippen LogP contribution >= 0.6 is 0 Å². The lowest BCUT2D eigenvalue weighted by Crippen LogP contribution is -2.35. The van der Waals surface area contributed by atoms with Gasteiger partial charge in [0.15, 0.2) is 0 Å². The molecule has 0 unspecified atom stereocenters. The molecule has 1 rings (SSSR count). The summed E-state index contributed by atoms with van der Waals surface area (Å²) in [5.41, 5.74) is 2.65. The van der Waals surface area contributed by atoms with Gasteiger partial charge >= 0.3 is 0 Å². The molecule has 0 saturated carbocycles. The molecule has 0 aromatic heterocycles. The second kappa shape index (κ2) is 6.33. The topological polar surface area (TPSA) is 32.7 Å². The van der Waals surface area contributed by atoms with Crippen molar-refractivity contribution in [2.45, 2.75) is 67.7 Å². The molecule has 0 N–H and O–H groups in total. The number of amides is 1. The van der Waals surface area contributed by atoms with E-state index in [9.17, 15) is 4.79 Å². The first-order valence-corrected chi connectivity index (χ1v) is 8.05. The number of carbonyl (C=O) groups excluding carboxylic acids is 1. The van der Waals surface area contributed by atoms with Gasteiger partial charge in [-0.1, -0.05) is 54.9 Å². The van der Waals surface area contributed by atoms with Gasteiger partial charge in [0.1, 0.15) is 0 Å². The molecule has 3 heteroatoms. The van der Waals surface area contributed by atoms with Gasteiger partial charge in [0, 0.05) is 23.7 Å². The molecule has 21 heavy (non-hydrogen) atoms. The molecule has 0 aliphatic carbocycles. The smallest absolute Gasteiger partial charge is 0.252 e. The van der Waals surface area contributed by atoms with Gasteiger partial charge in [-0.2, -0.15) is 0 Å². The summed E-state index contributed by atoms with van der Waals surface area (Å²) >= 11 is 0. The van der Waals surface area contributed by atoms with Crippen LogP contribution < -0.4 is 0 Å². The van der Waals surface area contributed by atoms with Crippen molar-refractivity contribution in [3.05, 3.63) is 11.3 Å². The normalized spacial score (nSPS) is 18.0. The molecule has 3 nitrogen and oxygen atoms in total. The average Bonchev–Trinajstić information content (AvgIpc) is 2.43. The van der Waals surface area contributed by atoms with Gasteiger partial charge in [-0.15, -0.1) is 0 Å². The molecule has 1 heterocycles. The number of hydrogen-bond donors (Lipinski definition) is 0. The van der Waals surface area contributed by atoms with Crippen molar-refractivity contribution in [2.24, 2.45) is 15.8 Å². The second-order valence-corrected chi connectivity index (χ2v) is 8.17. The van der Waals surface area contributed by atoms with Gasteiger partial charge in [0.2, 0.25) is 0 Å². The largest absolute Gasteiger partial charge is 0.336 e. The van der Waals surface area contributed by atoms with Crippen molar-refractivity contribution >= 4 is 11.6 Å². The van der Waals surface area contributed by atoms with Crippen LogP contribution in [0, 0.1) is 10.8 Å². The zero-order valence-corrected chi connectivity index (χ0v) is 15.1. The van der Waals surface area contributed by atoms with Crippen LogP contribution in [-0.2, 0) is 4.79 Å². The van der Waals surface area contributed by atoms with Crippen molar-refractivity contribution in [3.63, 3.8) is 0 Å². The highest BCUT2D eigenvalue weighted by molar-refractivity contribution is 6.01. The Morgan fingerprint density at radius 2 is 1.67 bits per heavy atom. The van der Waals surface area contributed by atoms with Crippen LogP contribution in [0.25, 0.3) is 0 Å². The van der Waals surface area contributed by atoms with E-state index in [0.29, 0.717) is 6.54 Å². The zero-order chi connectivity index (χ0) is 16.4. The lowest BCUT2D eigenvalue weighted by atomic mass is 9.78. The van der Waals surface area contributed by atoms with Crippen molar-refractivity contribution in [3.8, 4) is 0 Å². The van der Waals surface area contributed by atoms with E-state index in [0.717, 1.165) is 36.2 Å². The van der Waals surface area contributed by atoms with Crippen LogP contribution in [0.4, 0.5) is 0 Å². The Bertz CT molecular complexity index is 459. The molecule has 0 radical (unpaired) electrons. The lowest BCUT2D eigenvalue weighted by Gasteiger charge is -2.30. The van der Waals surface area contributed by atoms with E-state index in [2.05, 4.69) is 48.5 Å². The lowest BCUT2D eigenvalue weighted by molar-refractivity contribution is -0.126. The Balaban J connectivity index is 3.46. The summed E-state index contributed by atoms with van der Waals surface area (Å²) in [6, 6.07) is 0. The maximum atomic E-state index is 12.9. The van der Waals surface area contributed by atoms with Crippen LogP contribution in [-0.4, -0.2) is 30.1 Å². The van der Waals surface area contributed by atoms with Gasteiger partial charge < -0.3 is 4.90 Å². The summed E-state index contributed by atoms with van der Waals surface area (Å²) in [5.74, 6) is 0.127. The summed E-state index contributed by atoms with van der Waals surface area (Å²) < 4.78 is 0. The average molecular weight is 292 g/mol. The number of rotatable bonds is 3. The van der Waals surface area contributed by atoms with E-state index in [1.54, 1.807) is 0 Å². The fourth-order valence-corrected chi connectivity index (χ4v) is 2.62. The maximum absolute atomic E-state index is 12.9. The molecule has 1 aliphatic heterocycles. The van der Waals surface area contributed by atoms with Gasteiger partial charge in [-0.25, -0.2) is 0 Å². The van der Waals surface area contributed by atoms with Crippen molar-refractivity contribution in [2.75, 3.05) is 13.6 Å².